The molecule has 72 valence electrons. The average molecular weight is 210 g/mol. The largest absolute Gasteiger partial charge is 0.494 e. The van der Waals surface area contributed by atoms with Gasteiger partial charge >= 0.3 is 0 Å². The van der Waals surface area contributed by atoms with Crippen molar-refractivity contribution in [3.63, 3.8) is 0 Å². The Balaban J connectivity index is 2.52. The Morgan fingerprint density at radius 3 is 2.86 bits per heavy atom. The fourth-order valence-corrected chi connectivity index (χ4v) is 1.70. The van der Waals surface area contributed by atoms with Gasteiger partial charge < -0.3 is 9.47 Å². The standard InChI is InChI=1S/C10H8ClNO2/c1-13-10-6(4-12)2-3-7(9(10)11)8-5-14-8/h2-3,8H,5H2,1H3/t8-/m1/s1. The van der Waals surface area contributed by atoms with Crippen molar-refractivity contribution in [2.45, 2.75) is 6.10 Å². The Morgan fingerprint density at radius 1 is 1.64 bits per heavy atom. The Kier molecular flexibility index (Phi) is 2.32. The number of epoxide rings is 1. The molecule has 4 heteroatoms. The van der Waals surface area contributed by atoms with E-state index in [-0.39, 0.29) is 6.10 Å². The van der Waals surface area contributed by atoms with Crippen molar-refractivity contribution in [1.29, 1.82) is 5.26 Å². The summed E-state index contributed by atoms with van der Waals surface area (Å²) in [7, 11) is 1.50. The highest BCUT2D eigenvalue weighted by atomic mass is 35.5. The van der Waals surface area contributed by atoms with Crippen molar-refractivity contribution in [1.82, 2.24) is 0 Å². The van der Waals surface area contributed by atoms with E-state index in [4.69, 9.17) is 26.3 Å². The molecule has 1 fully saturated rings. The van der Waals surface area contributed by atoms with E-state index in [1.807, 2.05) is 6.07 Å². The predicted molar refractivity (Wildman–Crippen MR) is 51.4 cm³/mol. The van der Waals surface area contributed by atoms with Crippen LogP contribution >= 0.6 is 11.6 Å². The third-order valence-electron chi connectivity index (χ3n) is 2.13. The van der Waals surface area contributed by atoms with E-state index in [9.17, 15) is 0 Å². The van der Waals surface area contributed by atoms with E-state index < -0.39 is 0 Å². The van der Waals surface area contributed by atoms with Crippen LogP contribution in [-0.4, -0.2) is 13.7 Å². The van der Waals surface area contributed by atoms with Gasteiger partial charge in [-0.15, -0.1) is 0 Å². The topological polar surface area (TPSA) is 45.5 Å². The summed E-state index contributed by atoms with van der Waals surface area (Å²) in [6.45, 7) is 0.689. The predicted octanol–water partition coefficient (Wildman–Crippen LogP) is 2.29. The molecule has 3 nitrogen and oxygen atoms in total. The lowest BCUT2D eigenvalue weighted by Gasteiger charge is -2.08. The van der Waals surface area contributed by atoms with Gasteiger partial charge in [-0.25, -0.2) is 0 Å². The summed E-state index contributed by atoms with van der Waals surface area (Å²) < 4.78 is 10.2. The van der Waals surface area contributed by atoms with Gasteiger partial charge in [-0.1, -0.05) is 17.7 Å². The fourth-order valence-electron chi connectivity index (χ4n) is 1.34. The van der Waals surface area contributed by atoms with Gasteiger partial charge in [0.2, 0.25) is 0 Å². The molecule has 1 atom stereocenters. The number of nitrogens with zero attached hydrogens (tertiary/aromatic N) is 1. The zero-order valence-corrected chi connectivity index (χ0v) is 8.34. The van der Waals surface area contributed by atoms with Gasteiger partial charge in [-0.3, -0.25) is 0 Å². The van der Waals surface area contributed by atoms with E-state index in [2.05, 4.69) is 0 Å². The number of ether oxygens (including phenoxy) is 2. The number of methoxy groups -OCH3 is 1. The fraction of sp³-hybridized carbons (Fsp3) is 0.300. The number of nitriles is 1. The number of rotatable bonds is 2. The normalized spacial score (nSPS) is 18.8. The molecule has 1 aliphatic heterocycles. The third-order valence-corrected chi connectivity index (χ3v) is 2.52. The van der Waals surface area contributed by atoms with Crippen LogP contribution < -0.4 is 4.74 Å². The molecule has 0 N–H and O–H groups in total. The summed E-state index contributed by atoms with van der Waals surface area (Å²) in [5.74, 6) is 0.433. The van der Waals surface area contributed by atoms with Crippen LogP contribution in [0.3, 0.4) is 0 Å². The van der Waals surface area contributed by atoms with Gasteiger partial charge in [-0.05, 0) is 6.07 Å². The Bertz CT molecular complexity index is 407. The molecule has 1 aromatic rings. The Morgan fingerprint density at radius 2 is 2.36 bits per heavy atom. The van der Waals surface area contributed by atoms with Crippen LogP contribution in [-0.2, 0) is 4.74 Å². The highest BCUT2D eigenvalue weighted by Gasteiger charge is 2.29. The first-order chi connectivity index (χ1) is 6.77. The lowest BCUT2D eigenvalue weighted by atomic mass is 10.1. The maximum atomic E-state index is 8.80. The van der Waals surface area contributed by atoms with Gasteiger partial charge in [-0.2, -0.15) is 5.26 Å². The molecule has 0 unspecified atom stereocenters. The monoisotopic (exact) mass is 209 g/mol. The quantitative estimate of drug-likeness (QED) is 0.702. The Hall–Kier alpha value is -1.24. The van der Waals surface area contributed by atoms with Gasteiger partial charge in [0, 0.05) is 5.56 Å². The van der Waals surface area contributed by atoms with Gasteiger partial charge in [0.15, 0.2) is 5.75 Å². The zero-order valence-electron chi connectivity index (χ0n) is 7.58. The minimum absolute atomic E-state index is 0.0733. The second kappa shape index (κ2) is 3.49. The molecule has 0 bridgehead atoms. The molecule has 14 heavy (non-hydrogen) atoms. The summed E-state index contributed by atoms with van der Waals surface area (Å²) in [5.41, 5.74) is 1.34. The molecule has 1 saturated heterocycles. The van der Waals surface area contributed by atoms with Gasteiger partial charge in [0.25, 0.3) is 0 Å². The molecule has 0 radical (unpaired) electrons. The minimum Gasteiger partial charge on any atom is -0.494 e. The summed E-state index contributed by atoms with van der Waals surface area (Å²) in [6, 6.07) is 5.53. The summed E-state index contributed by atoms with van der Waals surface area (Å²) >= 11 is 6.07. The third kappa shape index (κ3) is 1.43. The summed E-state index contributed by atoms with van der Waals surface area (Å²) in [6.07, 6.45) is 0.0733. The second-order valence-electron chi connectivity index (χ2n) is 2.98. The van der Waals surface area contributed by atoms with Crippen LogP contribution in [0.25, 0.3) is 0 Å². The van der Waals surface area contributed by atoms with Crippen LogP contribution in [0.5, 0.6) is 5.75 Å². The van der Waals surface area contributed by atoms with E-state index >= 15 is 0 Å². The molecule has 0 aromatic heterocycles. The lowest BCUT2D eigenvalue weighted by molar-refractivity contribution is 0.404. The number of halogens is 1. The van der Waals surface area contributed by atoms with Gasteiger partial charge in [0.05, 0.1) is 24.3 Å². The minimum atomic E-state index is 0.0733. The Labute approximate surface area is 86.8 Å². The maximum absolute atomic E-state index is 8.80. The first-order valence-corrected chi connectivity index (χ1v) is 4.53. The van der Waals surface area contributed by atoms with Crippen molar-refractivity contribution < 1.29 is 9.47 Å². The number of hydrogen-bond acceptors (Lipinski definition) is 3. The first kappa shape index (κ1) is 9.32. The molecular weight excluding hydrogens is 202 g/mol. The van der Waals surface area contributed by atoms with Crippen LogP contribution in [0.1, 0.15) is 17.2 Å². The van der Waals surface area contributed by atoms with Crippen molar-refractivity contribution in [2.75, 3.05) is 13.7 Å². The van der Waals surface area contributed by atoms with Crippen molar-refractivity contribution in [2.24, 2.45) is 0 Å². The second-order valence-corrected chi connectivity index (χ2v) is 3.36. The molecule has 1 aromatic carbocycles. The SMILES string of the molecule is COc1c(C#N)ccc([C@H]2CO2)c1Cl. The molecule has 0 aliphatic carbocycles. The molecule has 1 aliphatic rings. The number of benzene rings is 1. The van der Waals surface area contributed by atoms with Crippen LogP contribution in [0.2, 0.25) is 5.02 Å². The molecule has 0 amide bonds. The molecular formula is C10H8ClNO2. The summed E-state index contributed by atoms with van der Waals surface area (Å²) in [4.78, 5) is 0. The first-order valence-electron chi connectivity index (χ1n) is 4.16. The van der Waals surface area contributed by atoms with E-state index in [1.54, 1.807) is 12.1 Å². The van der Waals surface area contributed by atoms with Crippen LogP contribution in [0.4, 0.5) is 0 Å². The molecule has 0 saturated carbocycles. The van der Waals surface area contributed by atoms with Crippen LogP contribution in [0, 0.1) is 11.3 Å². The smallest absolute Gasteiger partial charge is 0.155 e. The van der Waals surface area contributed by atoms with Gasteiger partial charge in [0.1, 0.15) is 12.2 Å². The highest BCUT2D eigenvalue weighted by molar-refractivity contribution is 6.33. The lowest BCUT2D eigenvalue weighted by Crippen LogP contribution is -1.93. The van der Waals surface area contributed by atoms with Crippen molar-refractivity contribution in [3.05, 3.63) is 28.3 Å². The van der Waals surface area contributed by atoms with Crippen molar-refractivity contribution >= 4 is 11.6 Å². The summed E-state index contributed by atoms with van der Waals surface area (Å²) in [5, 5.41) is 9.28. The average Bonchev–Trinajstić information content (AvgIpc) is 3.00. The van der Waals surface area contributed by atoms with E-state index in [0.717, 1.165) is 5.56 Å². The van der Waals surface area contributed by atoms with Crippen LogP contribution in [0.15, 0.2) is 12.1 Å². The van der Waals surface area contributed by atoms with E-state index in [1.165, 1.54) is 7.11 Å². The van der Waals surface area contributed by atoms with Crippen molar-refractivity contribution in [3.8, 4) is 11.8 Å². The molecule has 0 spiro atoms. The zero-order chi connectivity index (χ0) is 10.1. The highest BCUT2D eigenvalue weighted by Crippen LogP contribution is 2.40. The van der Waals surface area contributed by atoms with E-state index in [0.29, 0.717) is 22.9 Å². The molecule has 1 heterocycles. The number of hydrogen-bond donors (Lipinski definition) is 0. The molecule has 2 rings (SSSR count). The maximum Gasteiger partial charge on any atom is 0.155 e.